The van der Waals surface area contributed by atoms with E-state index in [1.807, 2.05) is 12.2 Å². The molecule has 0 aromatic carbocycles. The molecule has 2 rings (SSSR count). The molecule has 2 aliphatic rings. The van der Waals surface area contributed by atoms with Gasteiger partial charge in [0.2, 0.25) is 0 Å². The Morgan fingerprint density at radius 1 is 1.00 bits per heavy atom. The zero-order valence-corrected chi connectivity index (χ0v) is 6.96. The van der Waals surface area contributed by atoms with Crippen LogP contribution in [0.3, 0.4) is 0 Å². The third kappa shape index (κ3) is 0.799. The molecule has 58 valence electrons. The van der Waals surface area contributed by atoms with Crippen molar-refractivity contribution in [3.63, 3.8) is 0 Å². The van der Waals surface area contributed by atoms with E-state index in [1.54, 1.807) is 0 Å². The van der Waals surface area contributed by atoms with Crippen molar-refractivity contribution in [1.29, 1.82) is 0 Å². The van der Waals surface area contributed by atoms with Crippen molar-refractivity contribution in [1.82, 2.24) is 0 Å². The van der Waals surface area contributed by atoms with E-state index in [0.29, 0.717) is 0 Å². The zero-order chi connectivity index (χ0) is 6.54. The molecule has 2 heteroatoms. The Labute approximate surface area is 71.6 Å². The van der Waals surface area contributed by atoms with Crippen LogP contribution in [0.5, 0.6) is 0 Å². The summed E-state index contributed by atoms with van der Waals surface area (Å²) in [6.45, 7) is 4.21. The summed E-state index contributed by atoms with van der Waals surface area (Å²) in [6, 6.07) is 0. The molecule has 0 saturated carbocycles. The molecule has 0 aromatic heterocycles. The van der Waals surface area contributed by atoms with Crippen molar-refractivity contribution in [3.05, 3.63) is 24.3 Å². The minimum absolute atomic E-state index is 0. The minimum Gasteiger partial charge on any atom is -0.354 e. The van der Waals surface area contributed by atoms with Gasteiger partial charge in [0.25, 0.3) is 0 Å². The van der Waals surface area contributed by atoms with Crippen LogP contribution in [0.15, 0.2) is 24.3 Å². The third-order valence-electron chi connectivity index (χ3n) is 2.31. The monoisotopic (exact) mass is 185 g/mol. The van der Waals surface area contributed by atoms with Crippen LogP contribution < -0.4 is 0 Å². The van der Waals surface area contributed by atoms with Gasteiger partial charge < -0.3 is 4.74 Å². The molecule has 2 unspecified atom stereocenters. The van der Waals surface area contributed by atoms with Crippen molar-refractivity contribution < 1.29 is 21.8 Å². The molecule has 1 aliphatic carbocycles. The Bertz CT molecular complexity index is 187. The molecule has 0 spiro atoms. The van der Waals surface area contributed by atoms with E-state index < -0.39 is 0 Å². The molecule has 2 atom stereocenters. The number of ether oxygens (including phenoxy) is 1. The van der Waals surface area contributed by atoms with Gasteiger partial charge in [-0.25, -0.2) is 0 Å². The van der Waals surface area contributed by atoms with Crippen LogP contribution in [0.25, 0.3) is 0 Å². The van der Waals surface area contributed by atoms with Crippen molar-refractivity contribution in [2.75, 3.05) is 0 Å². The van der Waals surface area contributed by atoms with E-state index in [4.69, 9.17) is 4.74 Å². The fourth-order valence-corrected chi connectivity index (χ4v) is 1.29. The largest absolute Gasteiger partial charge is 1.00 e. The molecule has 1 aliphatic heterocycles. The number of epoxide rings is 1. The average molecular weight is 186 g/mol. The van der Waals surface area contributed by atoms with E-state index in [9.17, 15) is 0 Å². The molecule has 1 saturated heterocycles. The van der Waals surface area contributed by atoms with Crippen LogP contribution in [0.4, 0.5) is 0 Å². The molecular weight excluding hydrogens is 176 g/mol. The zero-order valence-electron chi connectivity index (χ0n) is 6.02. The van der Waals surface area contributed by atoms with Crippen molar-refractivity contribution >= 4 is 0 Å². The second-order valence-electron chi connectivity index (χ2n) is 3.03. The molecule has 0 radical (unpaired) electrons. The van der Waals surface area contributed by atoms with Crippen molar-refractivity contribution in [2.24, 2.45) is 0 Å². The summed E-state index contributed by atoms with van der Waals surface area (Å²) in [6.07, 6.45) is 8.28. The summed E-state index contributed by atoms with van der Waals surface area (Å²) in [4.78, 5) is 0. The molecule has 0 N–H and O–H groups in total. The summed E-state index contributed by atoms with van der Waals surface area (Å²) in [5, 5.41) is 0. The van der Waals surface area contributed by atoms with Gasteiger partial charge in [0.05, 0.1) is 0 Å². The van der Waals surface area contributed by atoms with Gasteiger partial charge in [0.1, 0.15) is 11.2 Å². The molecule has 0 aromatic rings. The Balaban J connectivity index is 0.000000500. The topological polar surface area (TPSA) is 12.5 Å². The molecular formula is C8H10CuO+. The van der Waals surface area contributed by atoms with Crippen LogP contribution >= 0.6 is 0 Å². The van der Waals surface area contributed by atoms with Crippen LogP contribution in [-0.4, -0.2) is 11.2 Å². The molecule has 0 bridgehead atoms. The minimum atomic E-state index is 0. The fraction of sp³-hybridized carbons (Fsp3) is 0.500. The molecule has 1 nitrogen and oxygen atoms in total. The summed E-state index contributed by atoms with van der Waals surface area (Å²) >= 11 is 0. The Morgan fingerprint density at radius 2 is 1.40 bits per heavy atom. The maximum atomic E-state index is 5.48. The van der Waals surface area contributed by atoms with E-state index in [0.717, 1.165) is 0 Å². The Hall–Kier alpha value is -0.0405. The van der Waals surface area contributed by atoms with E-state index in [-0.39, 0.29) is 28.3 Å². The predicted molar refractivity (Wildman–Crippen MR) is 36.2 cm³/mol. The first-order valence-electron chi connectivity index (χ1n) is 3.24. The molecule has 1 fully saturated rings. The molecule has 10 heavy (non-hydrogen) atoms. The average Bonchev–Trinajstić information content (AvgIpc) is 2.33. The smallest absolute Gasteiger partial charge is 0.354 e. The van der Waals surface area contributed by atoms with Crippen LogP contribution in [0.1, 0.15) is 13.8 Å². The number of hydrogen-bond acceptors (Lipinski definition) is 1. The summed E-state index contributed by atoms with van der Waals surface area (Å²) in [5.41, 5.74) is 0.0312. The van der Waals surface area contributed by atoms with Gasteiger partial charge in [-0.2, -0.15) is 0 Å². The maximum absolute atomic E-state index is 5.48. The number of rotatable bonds is 0. The SMILES string of the molecule is CC12C=CC=CC1(C)O2.[Cu+]. The Kier molecular flexibility index (Phi) is 1.59. The third-order valence-corrected chi connectivity index (χ3v) is 2.31. The number of fused-ring (bicyclic) bond motifs is 1. The second-order valence-corrected chi connectivity index (χ2v) is 3.03. The summed E-state index contributed by atoms with van der Waals surface area (Å²) < 4.78 is 5.48. The normalized spacial score (nSPS) is 47.8. The summed E-state index contributed by atoms with van der Waals surface area (Å²) in [7, 11) is 0. The second kappa shape index (κ2) is 1.97. The quantitative estimate of drug-likeness (QED) is 0.413. The van der Waals surface area contributed by atoms with Crippen molar-refractivity contribution in [2.45, 2.75) is 25.0 Å². The standard InChI is InChI=1S/C8H10O.Cu/c1-7-5-3-4-6-8(7,2)9-7;/h3-6H,1-2H3;/q;+1. The van der Waals surface area contributed by atoms with E-state index in [1.165, 1.54) is 0 Å². The van der Waals surface area contributed by atoms with Gasteiger partial charge >= 0.3 is 17.1 Å². The van der Waals surface area contributed by atoms with Gasteiger partial charge in [-0.1, -0.05) is 12.2 Å². The van der Waals surface area contributed by atoms with Crippen LogP contribution in [0.2, 0.25) is 0 Å². The number of allylic oxidation sites excluding steroid dienone is 2. The fourth-order valence-electron chi connectivity index (χ4n) is 1.29. The first-order valence-corrected chi connectivity index (χ1v) is 3.24. The van der Waals surface area contributed by atoms with Gasteiger partial charge in [-0.3, -0.25) is 0 Å². The Morgan fingerprint density at radius 3 is 1.70 bits per heavy atom. The first-order chi connectivity index (χ1) is 4.16. The first kappa shape index (κ1) is 8.06. The van der Waals surface area contributed by atoms with E-state index >= 15 is 0 Å². The van der Waals surface area contributed by atoms with Gasteiger partial charge in [-0.05, 0) is 26.0 Å². The maximum Gasteiger partial charge on any atom is 1.00 e. The van der Waals surface area contributed by atoms with Gasteiger partial charge in [0, 0.05) is 0 Å². The molecule has 0 amide bonds. The number of hydrogen-bond donors (Lipinski definition) is 0. The predicted octanol–water partition coefficient (Wildman–Crippen LogP) is 1.66. The van der Waals surface area contributed by atoms with Gasteiger partial charge in [-0.15, -0.1) is 0 Å². The molecule has 1 heterocycles. The van der Waals surface area contributed by atoms with E-state index in [2.05, 4.69) is 26.0 Å². The van der Waals surface area contributed by atoms with Crippen LogP contribution in [0, 0.1) is 0 Å². The van der Waals surface area contributed by atoms with Gasteiger partial charge in [0.15, 0.2) is 0 Å². The van der Waals surface area contributed by atoms with Crippen molar-refractivity contribution in [3.8, 4) is 0 Å². The summed E-state index contributed by atoms with van der Waals surface area (Å²) in [5.74, 6) is 0. The van der Waals surface area contributed by atoms with Crippen LogP contribution in [-0.2, 0) is 21.8 Å².